The molecule has 1 aliphatic carbocycles. The third-order valence-corrected chi connectivity index (χ3v) is 4.70. The molecular weight excluding hydrogens is 307 g/mol. The second-order valence-corrected chi connectivity index (χ2v) is 6.62. The fourth-order valence-corrected chi connectivity index (χ4v) is 3.33. The zero-order valence-corrected chi connectivity index (χ0v) is 13.9. The third-order valence-electron chi connectivity index (χ3n) is 4.13. The number of hydrogen-bond acceptors (Lipinski definition) is 4. The molecule has 1 aliphatic heterocycles. The lowest BCUT2D eigenvalue weighted by Gasteiger charge is -2.36. The molecule has 0 aromatic carbocycles. The Morgan fingerprint density at radius 3 is 2.52 bits per heavy atom. The monoisotopic (exact) mass is 328 g/mol. The highest BCUT2D eigenvalue weighted by molar-refractivity contribution is 6.37. The molecule has 21 heavy (non-hydrogen) atoms. The Morgan fingerprint density at radius 1 is 1.19 bits per heavy atom. The minimum Gasteiger partial charge on any atom is -0.369 e. The van der Waals surface area contributed by atoms with Crippen LogP contribution in [0.5, 0.6) is 0 Å². The third kappa shape index (κ3) is 3.55. The van der Waals surface area contributed by atoms with Crippen molar-refractivity contribution in [3.8, 4) is 0 Å². The average molecular weight is 329 g/mol. The minimum absolute atomic E-state index is 0.591. The number of nitrogens with zero attached hydrogens (tertiary/aromatic N) is 3. The molecule has 6 heteroatoms. The minimum atomic E-state index is 0.591. The lowest BCUT2D eigenvalue weighted by molar-refractivity contribution is 0.247. The molecule has 1 aromatic rings. The topological polar surface area (TPSA) is 31.4 Å². The number of aromatic nitrogens is 1. The predicted octanol–water partition coefficient (Wildman–Crippen LogP) is 3.49. The van der Waals surface area contributed by atoms with Gasteiger partial charge < -0.3 is 10.2 Å². The highest BCUT2D eigenvalue weighted by Crippen LogP contribution is 2.33. The molecule has 1 N–H and O–H groups in total. The molecule has 2 aliphatic rings. The molecule has 0 radical (unpaired) electrons. The van der Waals surface area contributed by atoms with Gasteiger partial charge in [-0.25, -0.2) is 4.98 Å². The first-order valence-corrected chi connectivity index (χ1v) is 8.53. The molecular formula is C15H22Cl2N4. The Morgan fingerprint density at radius 2 is 1.90 bits per heavy atom. The van der Waals surface area contributed by atoms with Crippen molar-refractivity contribution < 1.29 is 0 Å². The van der Waals surface area contributed by atoms with E-state index in [1.165, 1.54) is 12.8 Å². The summed E-state index contributed by atoms with van der Waals surface area (Å²) < 4.78 is 0. The first-order valence-electron chi connectivity index (χ1n) is 7.78. The van der Waals surface area contributed by atoms with E-state index in [2.05, 4.69) is 27.0 Å². The molecule has 2 fully saturated rings. The normalized spacial score (nSPS) is 19.9. The molecule has 1 saturated carbocycles. The van der Waals surface area contributed by atoms with E-state index >= 15 is 0 Å². The first kappa shape index (κ1) is 15.2. The van der Waals surface area contributed by atoms with E-state index in [1.54, 1.807) is 6.07 Å². The summed E-state index contributed by atoms with van der Waals surface area (Å²) in [6, 6.07) is 2.64. The predicted molar refractivity (Wildman–Crippen MR) is 89.8 cm³/mol. The second kappa shape index (κ2) is 6.59. The maximum absolute atomic E-state index is 6.35. The summed E-state index contributed by atoms with van der Waals surface area (Å²) in [5, 5.41) is 4.50. The van der Waals surface area contributed by atoms with Gasteiger partial charge in [-0.3, -0.25) is 4.90 Å². The maximum Gasteiger partial charge on any atom is 0.150 e. The molecule has 1 saturated heterocycles. The molecule has 2 heterocycles. The average Bonchev–Trinajstić information content (AvgIpc) is 3.31. The van der Waals surface area contributed by atoms with Gasteiger partial charge in [-0.1, -0.05) is 30.1 Å². The van der Waals surface area contributed by atoms with Crippen LogP contribution >= 0.6 is 23.2 Å². The van der Waals surface area contributed by atoms with Gasteiger partial charge in [0.25, 0.3) is 0 Å². The van der Waals surface area contributed by atoms with E-state index in [0.29, 0.717) is 10.0 Å². The molecule has 0 unspecified atom stereocenters. The lowest BCUT2D eigenvalue weighted by Crippen LogP contribution is -2.47. The largest absolute Gasteiger partial charge is 0.369 e. The number of rotatable bonds is 5. The number of halogens is 2. The second-order valence-electron chi connectivity index (χ2n) is 5.81. The van der Waals surface area contributed by atoms with E-state index in [-0.39, 0.29) is 0 Å². The van der Waals surface area contributed by atoms with Crippen LogP contribution in [-0.2, 0) is 0 Å². The van der Waals surface area contributed by atoms with E-state index < -0.39 is 0 Å². The van der Waals surface area contributed by atoms with Crippen LogP contribution in [0, 0.1) is 0 Å². The molecule has 0 spiro atoms. The van der Waals surface area contributed by atoms with Gasteiger partial charge in [0.05, 0.1) is 10.0 Å². The van der Waals surface area contributed by atoms with Crippen LogP contribution in [0.25, 0.3) is 0 Å². The zero-order chi connectivity index (χ0) is 14.8. The summed E-state index contributed by atoms with van der Waals surface area (Å²) in [5.74, 6) is 1.60. The molecule has 0 bridgehead atoms. The van der Waals surface area contributed by atoms with E-state index in [4.69, 9.17) is 23.2 Å². The van der Waals surface area contributed by atoms with Gasteiger partial charge in [-0.05, 0) is 25.3 Å². The van der Waals surface area contributed by atoms with Gasteiger partial charge in [0.1, 0.15) is 11.6 Å². The Kier molecular flexibility index (Phi) is 4.77. The lowest BCUT2D eigenvalue weighted by atomic mass is 10.3. The molecule has 1 aromatic heterocycles. The van der Waals surface area contributed by atoms with Crippen molar-refractivity contribution in [2.45, 2.75) is 32.2 Å². The van der Waals surface area contributed by atoms with E-state index in [9.17, 15) is 0 Å². The van der Waals surface area contributed by atoms with Crippen LogP contribution in [0.2, 0.25) is 10.0 Å². The molecule has 3 rings (SSSR count). The highest BCUT2D eigenvalue weighted by Gasteiger charge is 2.31. The van der Waals surface area contributed by atoms with Crippen molar-refractivity contribution in [3.05, 3.63) is 16.1 Å². The molecule has 0 amide bonds. The van der Waals surface area contributed by atoms with Crippen LogP contribution in [0.1, 0.15) is 26.2 Å². The van der Waals surface area contributed by atoms with Crippen molar-refractivity contribution in [2.75, 3.05) is 42.9 Å². The van der Waals surface area contributed by atoms with Crippen LogP contribution in [0.3, 0.4) is 0 Å². The van der Waals surface area contributed by atoms with Crippen molar-refractivity contribution >= 4 is 34.8 Å². The van der Waals surface area contributed by atoms with Gasteiger partial charge >= 0.3 is 0 Å². The van der Waals surface area contributed by atoms with Gasteiger partial charge in [0.2, 0.25) is 0 Å². The molecule has 116 valence electrons. The van der Waals surface area contributed by atoms with E-state index in [1.807, 2.05) is 0 Å². The highest BCUT2D eigenvalue weighted by atomic mass is 35.5. The van der Waals surface area contributed by atoms with Crippen LogP contribution in [0.4, 0.5) is 11.6 Å². The zero-order valence-electron chi connectivity index (χ0n) is 12.4. The number of nitrogens with one attached hydrogen (secondary N) is 1. The number of anilines is 2. The van der Waals surface area contributed by atoms with Gasteiger partial charge in [-0.2, -0.15) is 0 Å². The van der Waals surface area contributed by atoms with E-state index in [0.717, 1.165) is 56.8 Å². The Labute approximate surface area is 136 Å². The van der Waals surface area contributed by atoms with Crippen LogP contribution in [-0.4, -0.2) is 48.6 Å². The number of piperazine rings is 1. The summed E-state index contributed by atoms with van der Waals surface area (Å²) >= 11 is 12.6. The summed E-state index contributed by atoms with van der Waals surface area (Å²) in [6.45, 7) is 7.15. The SMILES string of the molecule is CCCNc1nc(N2CCN(C3CC3)CC2)c(Cl)cc1Cl. The standard InChI is InChI=1S/C15H22Cl2N4/c1-2-5-18-14-12(16)10-13(17)15(19-14)21-8-6-20(7-9-21)11-3-4-11/h10-11H,2-9H2,1H3,(H,18,19). The Bertz CT molecular complexity index is 497. The number of pyridine rings is 1. The van der Waals surface area contributed by atoms with Crippen LogP contribution in [0.15, 0.2) is 6.07 Å². The summed E-state index contributed by atoms with van der Waals surface area (Å²) in [7, 11) is 0. The van der Waals surface area contributed by atoms with Crippen molar-refractivity contribution in [3.63, 3.8) is 0 Å². The fraction of sp³-hybridized carbons (Fsp3) is 0.667. The quantitative estimate of drug-likeness (QED) is 0.896. The van der Waals surface area contributed by atoms with Crippen molar-refractivity contribution in [1.29, 1.82) is 0 Å². The number of hydrogen-bond donors (Lipinski definition) is 1. The summed E-state index contributed by atoms with van der Waals surface area (Å²) in [6.07, 6.45) is 3.77. The Balaban J connectivity index is 1.71. The maximum atomic E-state index is 6.35. The first-order chi connectivity index (χ1) is 10.2. The van der Waals surface area contributed by atoms with Gasteiger partial charge in [0.15, 0.2) is 0 Å². The van der Waals surface area contributed by atoms with Gasteiger partial charge in [-0.15, -0.1) is 0 Å². The fourth-order valence-electron chi connectivity index (χ4n) is 2.78. The van der Waals surface area contributed by atoms with Crippen molar-refractivity contribution in [1.82, 2.24) is 9.88 Å². The van der Waals surface area contributed by atoms with Crippen LogP contribution < -0.4 is 10.2 Å². The van der Waals surface area contributed by atoms with Gasteiger partial charge in [0, 0.05) is 38.8 Å². The molecule has 0 atom stereocenters. The Hall–Kier alpha value is -0.710. The molecule has 4 nitrogen and oxygen atoms in total. The van der Waals surface area contributed by atoms with Crippen molar-refractivity contribution in [2.24, 2.45) is 0 Å². The smallest absolute Gasteiger partial charge is 0.150 e. The summed E-state index contributed by atoms with van der Waals surface area (Å²) in [5.41, 5.74) is 0. The summed E-state index contributed by atoms with van der Waals surface area (Å²) in [4.78, 5) is 9.50.